The van der Waals surface area contributed by atoms with E-state index in [-0.39, 0.29) is 5.41 Å². The lowest BCUT2D eigenvalue weighted by molar-refractivity contribution is 0.464. The van der Waals surface area contributed by atoms with Crippen molar-refractivity contribution in [1.29, 1.82) is 0 Å². The Morgan fingerprint density at radius 2 is 1.00 bits per heavy atom. The first-order valence-corrected chi connectivity index (χ1v) is 13.7. The van der Waals surface area contributed by atoms with E-state index >= 15 is 0 Å². The van der Waals surface area contributed by atoms with E-state index in [0.717, 1.165) is 15.7 Å². The van der Waals surface area contributed by atoms with Crippen LogP contribution < -0.4 is 0 Å². The predicted octanol–water partition coefficient (Wildman–Crippen LogP) is 8.19. The van der Waals surface area contributed by atoms with Crippen LogP contribution in [-0.4, -0.2) is 15.7 Å². The van der Waals surface area contributed by atoms with Crippen LogP contribution in [0.2, 0.25) is 0 Å². The highest BCUT2D eigenvalue weighted by Gasteiger charge is 2.45. The molecule has 0 spiro atoms. The summed E-state index contributed by atoms with van der Waals surface area (Å²) in [5.74, 6) is 3.93. The summed E-state index contributed by atoms with van der Waals surface area (Å²) in [7, 11) is -0.806. The maximum atomic E-state index is 4.27. The highest BCUT2D eigenvalue weighted by atomic mass is 32.3. The third kappa shape index (κ3) is 4.66. The molecular weight excluding hydrogens is 332 g/mol. The third-order valence-electron chi connectivity index (χ3n) is 7.76. The summed E-state index contributed by atoms with van der Waals surface area (Å²) in [6, 6.07) is 0. The van der Waals surface area contributed by atoms with Gasteiger partial charge in [0.2, 0.25) is 0 Å². The van der Waals surface area contributed by atoms with Gasteiger partial charge in [-0.2, -0.15) is 10.0 Å². The van der Waals surface area contributed by atoms with Gasteiger partial charge in [0.15, 0.2) is 0 Å². The Balaban J connectivity index is 2.02. The molecule has 0 atom stereocenters. The van der Waals surface area contributed by atoms with Crippen LogP contribution in [0.25, 0.3) is 0 Å². The number of hydrogen-bond donors (Lipinski definition) is 0. The molecule has 0 saturated heterocycles. The summed E-state index contributed by atoms with van der Waals surface area (Å²) in [5, 5.41) is 7.19. The van der Waals surface area contributed by atoms with Gasteiger partial charge in [0, 0.05) is 5.41 Å². The van der Waals surface area contributed by atoms with Crippen LogP contribution in [0, 0.1) is 16.6 Å². The second-order valence-corrected chi connectivity index (χ2v) is 13.7. The van der Waals surface area contributed by atoms with Crippen molar-refractivity contribution in [3.8, 4) is 11.2 Å². The molecule has 3 rings (SSSR count). The average molecular weight is 377 g/mol. The van der Waals surface area contributed by atoms with E-state index in [9.17, 15) is 0 Å². The van der Waals surface area contributed by atoms with Crippen molar-refractivity contribution < 1.29 is 0 Å². The van der Waals surface area contributed by atoms with E-state index in [1.807, 2.05) is 0 Å². The molecule has 150 valence electrons. The molecule has 0 aromatic heterocycles. The summed E-state index contributed by atoms with van der Waals surface area (Å²) in [4.78, 5) is 0. The minimum atomic E-state index is -0.806. The topological polar surface area (TPSA) is 0 Å². The van der Waals surface area contributed by atoms with Gasteiger partial charge in [0.25, 0.3) is 0 Å². The molecule has 0 aromatic rings. The Labute approximate surface area is 166 Å². The fraction of sp³-hybridized carbons (Fsp3) is 0.920. The fourth-order valence-electron chi connectivity index (χ4n) is 5.75. The summed E-state index contributed by atoms with van der Waals surface area (Å²) < 4.78 is 0. The summed E-state index contributed by atoms with van der Waals surface area (Å²) in [5.41, 5.74) is 0.205. The maximum Gasteiger partial charge on any atom is 0.0264 e. The highest BCUT2D eigenvalue weighted by Crippen LogP contribution is 2.68. The highest BCUT2D eigenvalue weighted by molar-refractivity contribution is 8.38. The minimum Gasteiger partial charge on any atom is -0.168 e. The maximum absolute atomic E-state index is 4.27. The van der Waals surface area contributed by atoms with Gasteiger partial charge in [0.1, 0.15) is 0 Å². The molecule has 0 N–H and O–H groups in total. The fourth-order valence-corrected chi connectivity index (χ4v) is 11.7. The van der Waals surface area contributed by atoms with Gasteiger partial charge in [-0.15, -0.1) is 0 Å². The zero-order chi connectivity index (χ0) is 18.5. The van der Waals surface area contributed by atoms with Crippen LogP contribution >= 0.6 is 10.0 Å². The van der Waals surface area contributed by atoms with Gasteiger partial charge < -0.3 is 0 Å². The molecule has 3 aliphatic carbocycles. The van der Waals surface area contributed by atoms with Gasteiger partial charge in [-0.05, 0) is 74.5 Å². The van der Waals surface area contributed by atoms with Gasteiger partial charge in [-0.3, -0.25) is 0 Å². The van der Waals surface area contributed by atoms with E-state index in [1.165, 1.54) is 103 Å². The molecule has 0 radical (unpaired) electrons. The van der Waals surface area contributed by atoms with Gasteiger partial charge in [-0.1, -0.05) is 75.9 Å². The second kappa shape index (κ2) is 9.41. The van der Waals surface area contributed by atoms with Crippen LogP contribution in [0.3, 0.4) is 0 Å². The van der Waals surface area contributed by atoms with Crippen molar-refractivity contribution in [3.05, 3.63) is 0 Å². The van der Waals surface area contributed by atoms with Crippen molar-refractivity contribution in [3.63, 3.8) is 0 Å². The third-order valence-corrected chi connectivity index (χ3v) is 12.9. The van der Waals surface area contributed by atoms with E-state index in [2.05, 4.69) is 31.9 Å². The molecule has 26 heavy (non-hydrogen) atoms. The Morgan fingerprint density at radius 1 is 0.654 bits per heavy atom. The molecule has 3 saturated carbocycles. The monoisotopic (exact) mass is 376 g/mol. The number of rotatable bonds is 4. The lowest BCUT2D eigenvalue weighted by Gasteiger charge is -2.56. The Bertz CT molecular complexity index is 430. The first-order chi connectivity index (χ1) is 12.6. The van der Waals surface area contributed by atoms with Crippen molar-refractivity contribution >= 4 is 10.0 Å². The van der Waals surface area contributed by atoms with Crippen LogP contribution in [0.4, 0.5) is 0 Å². The smallest absolute Gasteiger partial charge is 0.0264 e. The molecule has 0 amide bonds. The van der Waals surface area contributed by atoms with E-state index in [1.54, 1.807) is 0 Å². The largest absolute Gasteiger partial charge is 0.168 e. The lowest BCUT2D eigenvalue weighted by atomic mass is 9.92. The Hall–Kier alpha value is -0.0900. The molecule has 0 bridgehead atoms. The van der Waals surface area contributed by atoms with E-state index < -0.39 is 10.0 Å². The average Bonchev–Trinajstić information content (AvgIpc) is 2.71. The summed E-state index contributed by atoms with van der Waals surface area (Å²) >= 11 is 0. The van der Waals surface area contributed by atoms with Crippen molar-refractivity contribution in [1.82, 2.24) is 0 Å². The van der Waals surface area contributed by atoms with Crippen molar-refractivity contribution in [2.24, 2.45) is 5.41 Å². The molecular formula is C25H44S. The molecule has 1 heteroatoms. The molecule has 0 aliphatic heterocycles. The van der Waals surface area contributed by atoms with Crippen LogP contribution in [0.15, 0.2) is 0 Å². The number of hydrogen-bond acceptors (Lipinski definition) is 0. The molecule has 3 aliphatic rings. The molecule has 0 unspecified atom stereocenters. The molecule has 0 aromatic carbocycles. The van der Waals surface area contributed by atoms with Gasteiger partial charge in [0.05, 0.1) is 0 Å². The molecule has 3 fully saturated rings. The van der Waals surface area contributed by atoms with Gasteiger partial charge in [-0.25, -0.2) is 0 Å². The van der Waals surface area contributed by atoms with Crippen LogP contribution in [0.5, 0.6) is 0 Å². The van der Waals surface area contributed by atoms with Crippen LogP contribution in [-0.2, 0) is 0 Å². The second-order valence-electron chi connectivity index (χ2n) is 10.0. The molecule has 0 heterocycles. The normalized spacial score (nSPS) is 25.5. The first-order valence-electron chi connectivity index (χ1n) is 11.9. The summed E-state index contributed by atoms with van der Waals surface area (Å²) in [6.45, 7) is 7.09. The van der Waals surface area contributed by atoms with Crippen molar-refractivity contribution in [2.45, 2.75) is 139 Å². The zero-order valence-electron chi connectivity index (χ0n) is 18.0. The molecule has 0 nitrogen and oxygen atoms in total. The van der Waals surface area contributed by atoms with Crippen LogP contribution in [0.1, 0.15) is 124 Å². The Kier molecular flexibility index (Phi) is 7.47. The van der Waals surface area contributed by atoms with E-state index in [4.69, 9.17) is 0 Å². The first kappa shape index (κ1) is 20.6. The standard InChI is InChI=1S/C25H44S/c1-4-25(2,3)20-21-26(22-14-8-5-9-15-22,23-16-10-6-11-17-23)24-18-12-7-13-19-24/h22-24H,4-19H2,1-3H3. The lowest BCUT2D eigenvalue weighted by Crippen LogP contribution is -2.39. The Morgan fingerprint density at radius 3 is 1.31 bits per heavy atom. The van der Waals surface area contributed by atoms with E-state index in [0.29, 0.717) is 0 Å². The van der Waals surface area contributed by atoms with Crippen molar-refractivity contribution in [2.75, 3.05) is 0 Å². The van der Waals surface area contributed by atoms with Gasteiger partial charge >= 0.3 is 0 Å². The minimum absolute atomic E-state index is 0.205. The SMILES string of the molecule is CCC(C)(C)C#CS(C1CCCCC1)(C1CCCCC1)C1CCCCC1. The quantitative estimate of drug-likeness (QED) is 0.434. The predicted molar refractivity (Wildman–Crippen MR) is 120 cm³/mol. The summed E-state index contributed by atoms with van der Waals surface area (Å²) in [6.07, 6.45) is 23.6. The zero-order valence-corrected chi connectivity index (χ0v) is 18.8.